The summed E-state index contributed by atoms with van der Waals surface area (Å²) in [6.45, 7) is -0.0901. The van der Waals surface area contributed by atoms with Gasteiger partial charge in [0, 0.05) is 25.2 Å². The number of fused-ring (bicyclic) bond motifs is 2. The molecule has 0 fully saturated rings. The Hall–Kier alpha value is -3.68. The minimum absolute atomic E-state index is 0.0901. The van der Waals surface area contributed by atoms with E-state index >= 15 is 0 Å². The highest BCUT2D eigenvalue weighted by atomic mass is 16.2. The second kappa shape index (κ2) is 6.24. The van der Waals surface area contributed by atoms with Crippen molar-refractivity contribution in [3.63, 3.8) is 0 Å². The number of aromatic nitrogens is 4. The number of nitrogens with one attached hydrogen (secondary N) is 1. The average Bonchev–Trinajstić information content (AvgIpc) is 3.08. The number of nitrogens with zero attached hydrogens (tertiary/aromatic N) is 4. The Balaban J connectivity index is 1.70. The van der Waals surface area contributed by atoms with Crippen molar-refractivity contribution in [2.45, 2.75) is 6.54 Å². The van der Waals surface area contributed by atoms with Gasteiger partial charge < -0.3 is 9.88 Å². The number of carbonyl (C=O) groups is 1. The third kappa shape index (κ3) is 2.71. The molecular formula is C19H17N5O3. The molecule has 0 aliphatic rings. The van der Waals surface area contributed by atoms with E-state index in [-0.39, 0.29) is 23.6 Å². The summed E-state index contributed by atoms with van der Waals surface area (Å²) in [5, 5.41) is 4.84. The fourth-order valence-electron chi connectivity index (χ4n) is 3.20. The third-order valence-electron chi connectivity index (χ3n) is 4.59. The van der Waals surface area contributed by atoms with Gasteiger partial charge in [0.15, 0.2) is 11.2 Å². The minimum atomic E-state index is -0.483. The SMILES string of the molecule is Cn1c(=O)c2c(ncn2CC(=O)Nc2cccc3ccccc23)n(C)c1=O. The maximum absolute atomic E-state index is 12.6. The first-order valence-corrected chi connectivity index (χ1v) is 8.36. The molecule has 8 heteroatoms. The molecule has 27 heavy (non-hydrogen) atoms. The summed E-state index contributed by atoms with van der Waals surface area (Å²) in [6, 6.07) is 13.4. The van der Waals surface area contributed by atoms with E-state index in [1.807, 2.05) is 42.5 Å². The van der Waals surface area contributed by atoms with E-state index in [0.717, 1.165) is 15.3 Å². The zero-order chi connectivity index (χ0) is 19.1. The van der Waals surface area contributed by atoms with Gasteiger partial charge in [-0.1, -0.05) is 36.4 Å². The maximum atomic E-state index is 12.6. The first-order chi connectivity index (χ1) is 13.0. The van der Waals surface area contributed by atoms with Crippen LogP contribution in [0.15, 0.2) is 58.4 Å². The first-order valence-electron chi connectivity index (χ1n) is 8.36. The highest BCUT2D eigenvalue weighted by Gasteiger charge is 2.16. The molecule has 136 valence electrons. The van der Waals surface area contributed by atoms with Gasteiger partial charge in [0.2, 0.25) is 5.91 Å². The zero-order valence-electron chi connectivity index (χ0n) is 14.8. The van der Waals surface area contributed by atoms with Gasteiger partial charge in [-0.25, -0.2) is 9.78 Å². The predicted molar refractivity (Wildman–Crippen MR) is 103 cm³/mol. The van der Waals surface area contributed by atoms with Gasteiger partial charge in [0.25, 0.3) is 5.56 Å². The van der Waals surface area contributed by atoms with Crippen molar-refractivity contribution in [3.05, 3.63) is 69.6 Å². The van der Waals surface area contributed by atoms with E-state index in [1.54, 1.807) is 0 Å². The number of anilines is 1. The van der Waals surface area contributed by atoms with Crippen LogP contribution >= 0.6 is 0 Å². The van der Waals surface area contributed by atoms with E-state index in [4.69, 9.17) is 0 Å². The number of hydrogen-bond donors (Lipinski definition) is 1. The van der Waals surface area contributed by atoms with Crippen LogP contribution in [0, 0.1) is 0 Å². The molecule has 1 amide bonds. The number of rotatable bonds is 3. The number of carbonyl (C=O) groups excluding carboxylic acids is 1. The van der Waals surface area contributed by atoms with Crippen LogP contribution in [0.4, 0.5) is 5.69 Å². The average molecular weight is 363 g/mol. The van der Waals surface area contributed by atoms with Crippen LogP contribution < -0.4 is 16.6 Å². The first kappa shape index (κ1) is 16.8. The standard InChI is InChI=1S/C19H17N5O3/c1-22-17-16(18(26)23(2)19(22)27)24(11-20-17)10-15(25)21-14-9-5-7-12-6-3-4-8-13(12)14/h3-9,11H,10H2,1-2H3,(H,21,25). The molecule has 4 aromatic rings. The Labute approximate surface area is 153 Å². The molecule has 2 aromatic carbocycles. The molecule has 1 N–H and O–H groups in total. The predicted octanol–water partition coefficient (Wildman–Crippen LogP) is 1.23. The van der Waals surface area contributed by atoms with E-state index in [1.165, 1.54) is 29.6 Å². The molecule has 0 spiro atoms. The smallest absolute Gasteiger partial charge is 0.324 e. The molecule has 8 nitrogen and oxygen atoms in total. The van der Waals surface area contributed by atoms with Crippen molar-refractivity contribution in [3.8, 4) is 0 Å². The van der Waals surface area contributed by atoms with E-state index in [0.29, 0.717) is 5.69 Å². The van der Waals surface area contributed by atoms with E-state index < -0.39 is 11.2 Å². The highest BCUT2D eigenvalue weighted by molar-refractivity contribution is 6.02. The molecule has 0 aliphatic carbocycles. The van der Waals surface area contributed by atoms with Crippen molar-refractivity contribution < 1.29 is 4.79 Å². The Morgan fingerprint density at radius 2 is 1.78 bits per heavy atom. The van der Waals surface area contributed by atoms with Crippen LogP contribution in [-0.4, -0.2) is 24.6 Å². The topological polar surface area (TPSA) is 90.9 Å². The van der Waals surface area contributed by atoms with Gasteiger partial charge >= 0.3 is 5.69 Å². The Morgan fingerprint density at radius 1 is 1.04 bits per heavy atom. The summed E-state index contributed by atoms with van der Waals surface area (Å²) in [4.78, 5) is 41.2. The van der Waals surface area contributed by atoms with Crippen molar-refractivity contribution in [1.29, 1.82) is 0 Å². The quantitative estimate of drug-likeness (QED) is 0.593. The lowest BCUT2D eigenvalue weighted by atomic mass is 10.1. The zero-order valence-corrected chi connectivity index (χ0v) is 14.8. The van der Waals surface area contributed by atoms with Crippen molar-refractivity contribution in [2.75, 3.05) is 5.32 Å². The summed E-state index contributed by atoms with van der Waals surface area (Å²) < 4.78 is 3.75. The maximum Gasteiger partial charge on any atom is 0.332 e. The normalized spacial score (nSPS) is 11.2. The van der Waals surface area contributed by atoms with Crippen molar-refractivity contribution in [2.24, 2.45) is 14.1 Å². The molecule has 2 heterocycles. The molecular weight excluding hydrogens is 346 g/mol. The minimum Gasteiger partial charge on any atom is -0.324 e. The number of benzene rings is 2. The highest BCUT2D eigenvalue weighted by Crippen LogP contribution is 2.23. The molecule has 0 radical (unpaired) electrons. The van der Waals surface area contributed by atoms with Crippen molar-refractivity contribution >= 4 is 33.5 Å². The Bertz CT molecular complexity index is 1310. The Morgan fingerprint density at radius 3 is 2.59 bits per heavy atom. The van der Waals surface area contributed by atoms with Crippen LogP contribution in [0.25, 0.3) is 21.9 Å². The molecule has 0 atom stereocenters. The molecule has 0 bridgehead atoms. The van der Waals surface area contributed by atoms with Gasteiger partial charge in [0.1, 0.15) is 6.54 Å². The van der Waals surface area contributed by atoms with Crippen LogP contribution in [-0.2, 0) is 25.4 Å². The summed E-state index contributed by atoms with van der Waals surface area (Å²) in [6.07, 6.45) is 1.40. The number of amides is 1. The fourth-order valence-corrected chi connectivity index (χ4v) is 3.20. The summed E-state index contributed by atoms with van der Waals surface area (Å²) in [5.41, 5.74) is 0.220. The van der Waals surface area contributed by atoms with Crippen LogP contribution in [0.3, 0.4) is 0 Å². The van der Waals surface area contributed by atoms with E-state index in [2.05, 4.69) is 10.3 Å². The molecule has 0 unspecified atom stereocenters. The second-order valence-corrected chi connectivity index (χ2v) is 6.33. The summed E-state index contributed by atoms with van der Waals surface area (Å²) in [5.74, 6) is -0.290. The molecule has 0 saturated heterocycles. The van der Waals surface area contributed by atoms with Gasteiger partial charge in [-0.3, -0.25) is 18.7 Å². The number of aryl methyl sites for hydroxylation is 1. The second-order valence-electron chi connectivity index (χ2n) is 6.33. The van der Waals surface area contributed by atoms with Gasteiger partial charge in [-0.2, -0.15) is 0 Å². The lowest BCUT2D eigenvalue weighted by Gasteiger charge is -2.10. The molecule has 4 rings (SSSR count). The monoisotopic (exact) mass is 363 g/mol. The van der Waals surface area contributed by atoms with Crippen LogP contribution in [0.5, 0.6) is 0 Å². The molecule has 0 saturated carbocycles. The van der Waals surface area contributed by atoms with Gasteiger partial charge in [0.05, 0.1) is 6.33 Å². The molecule has 2 aromatic heterocycles. The Kier molecular flexibility index (Phi) is 3.88. The number of imidazole rings is 1. The van der Waals surface area contributed by atoms with E-state index in [9.17, 15) is 14.4 Å². The lowest BCUT2D eigenvalue weighted by molar-refractivity contribution is -0.116. The van der Waals surface area contributed by atoms with Crippen LogP contribution in [0.2, 0.25) is 0 Å². The largest absolute Gasteiger partial charge is 0.332 e. The summed E-state index contributed by atoms with van der Waals surface area (Å²) >= 11 is 0. The molecule has 0 aliphatic heterocycles. The number of hydrogen-bond acceptors (Lipinski definition) is 4. The fraction of sp³-hybridized carbons (Fsp3) is 0.158. The van der Waals surface area contributed by atoms with Gasteiger partial charge in [-0.05, 0) is 11.5 Å². The third-order valence-corrected chi connectivity index (χ3v) is 4.59. The van der Waals surface area contributed by atoms with Crippen LogP contribution in [0.1, 0.15) is 0 Å². The van der Waals surface area contributed by atoms with Crippen molar-refractivity contribution in [1.82, 2.24) is 18.7 Å². The lowest BCUT2D eigenvalue weighted by Crippen LogP contribution is -2.37. The van der Waals surface area contributed by atoms with Gasteiger partial charge in [-0.15, -0.1) is 0 Å². The summed E-state index contributed by atoms with van der Waals surface area (Å²) in [7, 11) is 2.94.